The molecule has 2 fully saturated rings. The average molecular weight is 574 g/mol. The van der Waals surface area contributed by atoms with Gasteiger partial charge in [0, 0.05) is 74.5 Å². The molecule has 0 radical (unpaired) electrons. The smallest absolute Gasteiger partial charge is 0.254 e. The van der Waals surface area contributed by atoms with Gasteiger partial charge in [-0.25, -0.2) is 4.98 Å². The predicted molar refractivity (Wildman–Crippen MR) is 154 cm³/mol. The Hall–Kier alpha value is -2.69. The lowest BCUT2D eigenvalue weighted by Gasteiger charge is -2.41. The second-order valence-corrected chi connectivity index (χ2v) is 10.8. The van der Waals surface area contributed by atoms with E-state index < -0.39 is 0 Å². The molecule has 4 heterocycles. The molecule has 2 aliphatic heterocycles. The molecule has 39 heavy (non-hydrogen) atoms. The summed E-state index contributed by atoms with van der Waals surface area (Å²) in [6.07, 6.45) is 2.76. The molecular weight excluding hydrogens is 539 g/mol. The number of para-hydroxylation sites is 1. The molecule has 9 nitrogen and oxygen atoms in total. The van der Waals surface area contributed by atoms with Gasteiger partial charge in [0.2, 0.25) is 0 Å². The highest BCUT2D eigenvalue weighted by Gasteiger charge is 2.32. The Morgan fingerprint density at radius 1 is 1.13 bits per heavy atom. The Bertz CT molecular complexity index is 1290. The number of ether oxygens (including phenoxy) is 1. The van der Waals surface area contributed by atoms with E-state index in [1.807, 2.05) is 30.2 Å². The van der Waals surface area contributed by atoms with Crippen molar-refractivity contribution in [2.24, 2.45) is 5.16 Å². The maximum absolute atomic E-state index is 13.6. The van der Waals surface area contributed by atoms with Gasteiger partial charge in [-0.05, 0) is 37.1 Å². The van der Waals surface area contributed by atoms with Crippen LogP contribution in [0.3, 0.4) is 0 Å². The van der Waals surface area contributed by atoms with E-state index in [0.717, 1.165) is 50.6 Å². The maximum Gasteiger partial charge on any atom is 0.254 e. The summed E-state index contributed by atoms with van der Waals surface area (Å²) in [5.41, 5.74) is 3.62. The normalized spacial score (nSPS) is 19.5. The topological polar surface area (TPSA) is 86.3 Å². The van der Waals surface area contributed by atoms with Gasteiger partial charge in [-0.15, -0.1) is 0 Å². The van der Waals surface area contributed by atoms with Crippen LogP contribution >= 0.6 is 23.2 Å². The molecule has 1 atom stereocenters. The SMILES string of the molecule is C/C(CN1CCN(C(=O)c2cc(Cl)nc(Cl)c2)[C@H](Cc2c[nH]c3ccccc23)C1)=N\OCCN1CCOCC1. The number of fused-ring (bicyclic) bond motifs is 1. The van der Waals surface area contributed by atoms with Gasteiger partial charge < -0.3 is 19.5 Å². The van der Waals surface area contributed by atoms with Crippen molar-refractivity contribution in [2.45, 2.75) is 19.4 Å². The summed E-state index contributed by atoms with van der Waals surface area (Å²) in [7, 11) is 0. The first-order chi connectivity index (χ1) is 19.0. The van der Waals surface area contributed by atoms with Crippen molar-refractivity contribution in [3.05, 3.63) is 64.0 Å². The summed E-state index contributed by atoms with van der Waals surface area (Å²) < 4.78 is 5.39. The van der Waals surface area contributed by atoms with E-state index in [2.05, 4.69) is 37.1 Å². The van der Waals surface area contributed by atoms with Gasteiger partial charge in [0.05, 0.1) is 18.9 Å². The lowest BCUT2D eigenvalue weighted by atomic mass is 10.00. The number of rotatable bonds is 9. The number of nitrogens with zero attached hydrogens (tertiary/aromatic N) is 5. The standard InChI is InChI=1S/C28H34Cl2N6O3/c1-20(33-39-13-10-34-8-11-38-12-9-34)18-35-6-7-36(28(37)21-15-26(29)32-27(30)16-21)23(19-35)14-22-17-31-25-5-3-2-4-24(22)25/h2-5,15-17,23,31H,6-14,18-19H2,1H3/b33-20+/t23-/m1/s1. The lowest BCUT2D eigenvalue weighted by molar-refractivity contribution is 0.0209. The van der Waals surface area contributed by atoms with E-state index in [1.54, 1.807) is 12.1 Å². The minimum absolute atomic E-state index is 0.0498. The fourth-order valence-corrected chi connectivity index (χ4v) is 5.78. The fraction of sp³-hybridized carbons (Fsp3) is 0.464. The van der Waals surface area contributed by atoms with E-state index >= 15 is 0 Å². The number of aromatic nitrogens is 2. The Kier molecular flexibility index (Phi) is 9.36. The molecular formula is C28H34Cl2N6O3. The number of hydrogen-bond donors (Lipinski definition) is 1. The van der Waals surface area contributed by atoms with E-state index in [0.29, 0.717) is 38.2 Å². The highest BCUT2D eigenvalue weighted by atomic mass is 35.5. The number of benzene rings is 1. The Morgan fingerprint density at radius 3 is 2.69 bits per heavy atom. The van der Waals surface area contributed by atoms with Gasteiger partial charge in [-0.1, -0.05) is 46.6 Å². The summed E-state index contributed by atoms with van der Waals surface area (Å²) in [4.78, 5) is 33.2. The first-order valence-corrected chi connectivity index (χ1v) is 14.1. The summed E-state index contributed by atoms with van der Waals surface area (Å²) in [6, 6.07) is 11.3. The highest BCUT2D eigenvalue weighted by Crippen LogP contribution is 2.25. The number of H-pyrrole nitrogens is 1. The number of nitrogens with one attached hydrogen (secondary N) is 1. The van der Waals surface area contributed by atoms with Crippen molar-refractivity contribution in [1.82, 2.24) is 24.7 Å². The van der Waals surface area contributed by atoms with Crippen LogP contribution in [-0.2, 0) is 16.0 Å². The number of aromatic amines is 1. The van der Waals surface area contributed by atoms with E-state index in [-0.39, 0.29) is 22.3 Å². The molecule has 2 aliphatic rings. The summed E-state index contributed by atoms with van der Waals surface area (Å²) in [5, 5.41) is 5.94. The Balaban J connectivity index is 1.26. The third kappa shape index (κ3) is 7.29. The monoisotopic (exact) mass is 572 g/mol. The number of carbonyl (C=O) groups excluding carboxylic acids is 1. The Labute approximate surface area is 238 Å². The number of carbonyl (C=O) groups is 1. The van der Waals surface area contributed by atoms with Gasteiger partial charge in [-0.3, -0.25) is 14.6 Å². The summed E-state index contributed by atoms with van der Waals surface area (Å²) in [6.45, 7) is 9.50. The first-order valence-electron chi connectivity index (χ1n) is 13.3. The highest BCUT2D eigenvalue weighted by molar-refractivity contribution is 6.33. The van der Waals surface area contributed by atoms with Crippen LogP contribution in [0, 0.1) is 0 Å². The predicted octanol–water partition coefficient (Wildman–Crippen LogP) is 3.96. The number of hydrogen-bond acceptors (Lipinski definition) is 7. The molecule has 0 unspecified atom stereocenters. The molecule has 1 aromatic carbocycles. The van der Waals surface area contributed by atoms with Crippen LogP contribution in [-0.4, -0.2) is 108 Å². The average Bonchev–Trinajstić information content (AvgIpc) is 3.34. The molecule has 5 rings (SSSR count). The van der Waals surface area contributed by atoms with E-state index in [4.69, 9.17) is 32.8 Å². The van der Waals surface area contributed by atoms with Crippen LogP contribution in [0.15, 0.2) is 47.8 Å². The van der Waals surface area contributed by atoms with Crippen molar-refractivity contribution in [3.8, 4) is 0 Å². The molecule has 1 amide bonds. The lowest BCUT2D eigenvalue weighted by Crippen LogP contribution is -2.56. The number of piperazine rings is 1. The number of oxime groups is 1. The molecule has 0 bridgehead atoms. The minimum Gasteiger partial charge on any atom is -0.394 e. The minimum atomic E-state index is -0.0949. The molecule has 0 saturated carbocycles. The van der Waals surface area contributed by atoms with Gasteiger partial charge in [0.1, 0.15) is 16.9 Å². The van der Waals surface area contributed by atoms with Gasteiger partial charge in [0.15, 0.2) is 0 Å². The molecule has 2 aromatic heterocycles. The van der Waals surface area contributed by atoms with Crippen LogP contribution in [0.2, 0.25) is 10.3 Å². The number of amides is 1. The second-order valence-electron chi connectivity index (χ2n) is 10.1. The zero-order valence-electron chi connectivity index (χ0n) is 22.1. The van der Waals surface area contributed by atoms with Crippen LogP contribution in [0.25, 0.3) is 10.9 Å². The third-order valence-electron chi connectivity index (χ3n) is 7.24. The van der Waals surface area contributed by atoms with Crippen LogP contribution in [0.4, 0.5) is 0 Å². The van der Waals surface area contributed by atoms with Crippen molar-refractivity contribution in [1.29, 1.82) is 0 Å². The van der Waals surface area contributed by atoms with Crippen LogP contribution in [0.5, 0.6) is 0 Å². The van der Waals surface area contributed by atoms with E-state index in [9.17, 15) is 4.79 Å². The number of halogens is 2. The molecule has 208 valence electrons. The zero-order valence-corrected chi connectivity index (χ0v) is 23.6. The quantitative estimate of drug-likeness (QED) is 0.181. The molecule has 3 aromatic rings. The van der Waals surface area contributed by atoms with Crippen molar-refractivity contribution < 1.29 is 14.4 Å². The van der Waals surface area contributed by atoms with Crippen molar-refractivity contribution in [2.75, 3.05) is 65.6 Å². The number of pyridine rings is 1. The fourth-order valence-electron chi connectivity index (χ4n) is 5.32. The van der Waals surface area contributed by atoms with Gasteiger partial charge >= 0.3 is 0 Å². The first kappa shape index (κ1) is 27.9. The summed E-state index contributed by atoms with van der Waals surface area (Å²) >= 11 is 12.2. The van der Waals surface area contributed by atoms with Gasteiger partial charge in [0.25, 0.3) is 5.91 Å². The largest absolute Gasteiger partial charge is 0.394 e. The molecule has 2 saturated heterocycles. The van der Waals surface area contributed by atoms with Crippen LogP contribution < -0.4 is 0 Å². The zero-order chi connectivity index (χ0) is 27.2. The molecule has 0 aliphatic carbocycles. The summed E-state index contributed by atoms with van der Waals surface area (Å²) in [5.74, 6) is -0.0949. The van der Waals surface area contributed by atoms with E-state index in [1.165, 1.54) is 10.9 Å². The maximum atomic E-state index is 13.6. The third-order valence-corrected chi connectivity index (χ3v) is 7.63. The number of morpholine rings is 1. The second kappa shape index (κ2) is 13.1. The van der Waals surface area contributed by atoms with Gasteiger partial charge in [-0.2, -0.15) is 0 Å². The molecule has 1 N–H and O–H groups in total. The van der Waals surface area contributed by atoms with Crippen LogP contribution in [0.1, 0.15) is 22.8 Å². The molecule has 0 spiro atoms. The molecule has 11 heteroatoms. The Morgan fingerprint density at radius 2 is 1.90 bits per heavy atom. The van der Waals surface area contributed by atoms with Crippen molar-refractivity contribution in [3.63, 3.8) is 0 Å². The van der Waals surface area contributed by atoms with Crippen molar-refractivity contribution >= 4 is 45.7 Å².